The third-order valence-corrected chi connectivity index (χ3v) is 5.96. The maximum absolute atomic E-state index is 13.6. The molecule has 3 atom stereocenters. The van der Waals surface area contributed by atoms with Gasteiger partial charge in [-0.2, -0.15) is 13.2 Å². The van der Waals surface area contributed by atoms with Crippen molar-refractivity contribution in [3.8, 4) is 0 Å². The van der Waals surface area contributed by atoms with Crippen molar-refractivity contribution in [2.45, 2.75) is 37.0 Å². The molecule has 2 aromatic rings. The normalized spacial score (nSPS) is 22.4. The number of hydrogen-bond donors (Lipinski definition) is 3. The third kappa shape index (κ3) is 4.59. The summed E-state index contributed by atoms with van der Waals surface area (Å²) in [7, 11) is 0. The van der Waals surface area contributed by atoms with Crippen LogP contribution in [0.15, 0.2) is 54.6 Å². The van der Waals surface area contributed by atoms with Crippen LogP contribution < -0.4 is 0 Å². The molecular weight excluding hydrogens is 459 g/mol. The quantitative estimate of drug-likeness (QED) is 0.552. The topological polar surface area (TPSA) is 132 Å². The van der Waals surface area contributed by atoms with E-state index in [2.05, 4.69) is 0 Å². The summed E-state index contributed by atoms with van der Waals surface area (Å²) >= 11 is 0. The van der Waals surface area contributed by atoms with Crippen LogP contribution in [0.5, 0.6) is 0 Å². The van der Waals surface area contributed by atoms with Gasteiger partial charge in [0.2, 0.25) is 0 Å². The largest absolute Gasteiger partial charge is 0.481 e. The lowest BCUT2D eigenvalue weighted by molar-refractivity contribution is -0.150. The van der Waals surface area contributed by atoms with Gasteiger partial charge in [-0.3, -0.25) is 14.4 Å². The fourth-order valence-corrected chi connectivity index (χ4v) is 4.37. The van der Waals surface area contributed by atoms with Crippen LogP contribution in [0.1, 0.15) is 46.8 Å². The van der Waals surface area contributed by atoms with Crippen LogP contribution in [0.3, 0.4) is 0 Å². The van der Waals surface area contributed by atoms with Crippen molar-refractivity contribution < 1.29 is 47.7 Å². The lowest BCUT2D eigenvalue weighted by Crippen LogP contribution is -2.54. The average Bonchev–Trinajstić information content (AvgIpc) is 3.14. The second-order valence-electron chi connectivity index (χ2n) is 7.99. The van der Waals surface area contributed by atoms with Crippen molar-refractivity contribution in [1.82, 2.24) is 4.90 Å². The minimum absolute atomic E-state index is 0.291. The Kier molecular flexibility index (Phi) is 6.67. The van der Waals surface area contributed by atoms with Crippen molar-refractivity contribution in [2.75, 3.05) is 0 Å². The number of carbonyl (C=O) groups excluding carboxylic acids is 1. The predicted molar refractivity (Wildman–Crippen MR) is 110 cm³/mol. The molecule has 34 heavy (non-hydrogen) atoms. The summed E-state index contributed by atoms with van der Waals surface area (Å²) in [5, 5.41) is 29.1. The molecule has 0 spiro atoms. The highest BCUT2D eigenvalue weighted by Crippen LogP contribution is 2.50. The minimum atomic E-state index is -4.66. The van der Waals surface area contributed by atoms with Crippen LogP contribution in [0.4, 0.5) is 13.2 Å². The molecule has 180 valence electrons. The lowest BCUT2D eigenvalue weighted by atomic mass is 9.86. The smallest absolute Gasteiger partial charge is 0.416 e. The van der Waals surface area contributed by atoms with Crippen LogP contribution in [-0.4, -0.2) is 49.6 Å². The highest BCUT2D eigenvalue weighted by Gasteiger charge is 2.60. The van der Waals surface area contributed by atoms with Crippen molar-refractivity contribution in [2.24, 2.45) is 5.92 Å². The first-order valence-electron chi connectivity index (χ1n) is 10.1. The van der Waals surface area contributed by atoms with Gasteiger partial charge in [-0.1, -0.05) is 30.3 Å². The standard InChI is InChI=1S/C23H20F3NO7/c24-23(25,26)15-8-6-14(7-9-15)19(30)27-18(13-4-2-1-3-5-13)16(20(31)32)12-22(27,21(33)34)11-10-17(28)29/h1-9,16,18H,10-12H2,(H,28,29)(H,31,32)(H,33,34)/t16-,18-,22-/m0/s1. The number of aliphatic carboxylic acids is 3. The van der Waals surface area contributed by atoms with E-state index < -0.39 is 72.3 Å². The third-order valence-electron chi connectivity index (χ3n) is 5.96. The van der Waals surface area contributed by atoms with Gasteiger partial charge in [0.15, 0.2) is 0 Å². The number of carboxylic acid groups (broad SMARTS) is 3. The number of carbonyl (C=O) groups is 4. The molecule has 3 N–H and O–H groups in total. The summed E-state index contributed by atoms with van der Waals surface area (Å²) < 4.78 is 38.9. The van der Waals surface area contributed by atoms with Gasteiger partial charge in [-0.05, 0) is 42.7 Å². The van der Waals surface area contributed by atoms with E-state index in [0.717, 1.165) is 17.0 Å². The fourth-order valence-electron chi connectivity index (χ4n) is 4.37. The fraction of sp³-hybridized carbons (Fsp3) is 0.304. The first-order valence-corrected chi connectivity index (χ1v) is 10.1. The number of hydrogen-bond acceptors (Lipinski definition) is 4. The average molecular weight is 479 g/mol. The van der Waals surface area contributed by atoms with Gasteiger partial charge in [0.1, 0.15) is 5.54 Å². The van der Waals surface area contributed by atoms with Gasteiger partial charge in [0.05, 0.1) is 17.5 Å². The summed E-state index contributed by atoms with van der Waals surface area (Å²) in [5.74, 6) is -6.75. The number of halogens is 3. The molecule has 1 amide bonds. The number of benzene rings is 2. The monoisotopic (exact) mass is 479 g/mol. The van der Waals surface area contributed by atoms with Crippen LogP contribution in [0.2, 0.25) is 0 Å². The molecule has 1 saturated heterocycles. The van der Waals surface area contributed by atoms with E-state index in [9.17, 15) is 42.6 Å². The number of likely N-dealkylation sites (tertiary alicyclic amines) is 1. The second kappa shape index (κ2) is 9.16. The van der Waals surface area contributed by atoms with E-state index in [1.165, 1.54) is 12.1 Å². The molecule has 2 aromatic carbocycles. The Labute approximate surface area is 191 Å². The zero-order valence-electron chi connectivity index (χ0n) is 17.5. The van der Waals surface area contributed by atoms with Gasteiger partial charge in [-0.25, -0.2) is 4.79 Å². The van der Waals surface area contributed by atoms with Crippen molar-refractivity contribution in [1.29, 1.82) is 0 Å². The zero-order valence-corrected chi connectivity index (χ0v) is 17.5. The van der Waals surface area contributed by atoms with E-state index in [-0.39, 0.29) is 5.56 Å². The molecule has 0 radical (unpaired) electrons. The van der Waals surface area contributed by atoms with E-state index in [1.807, 2.05) is 0 Å². The summed E-state index contributed by atoms with van der Waals surface area (Å²) in [5.41, 5.74) is -3.22. The molecule has 1 aliphatic heterocycles. The Balaban J connectivity index is 2.19. The number of alkyl halides is 3. The highest BCUT2D eigenvalue weighted by molar-refractivity contribution is 6.00. The lowest BCUT2D eigenvalue weighted by Gasteiger charge is -2.38. The van der Waals surface area contributed by atoms with Crippen LogP contribution in [-0.2, 0) is 20.6 Å². The van der Waals surface area contributed by atoms with E-state index in [1.54, 1.807) is 18.2 Å². The van der Waals surface area contributed by atoms with E-state index >= 15 is 0 Å². The van der Waals surface area contributed by atoms with Gasteiger partial charge in [0.25, 0.3) is 5.91 Å². The molecule has 1 aliphatic rings. The molecule has 0 saturated carbocycles. The molecule has 0 aromatic heterocycles. The predicted octanol–water partition coefficient (Wildman–Crippen LogP) is 3.68. The van der Waals surface area contributed by atoms with Gasteiger partial charge < -0.3 is 20.2 Å². The minimum Gasteiger partial charge on any atom is -0.481 e. The number of carboxylic acids is 3. The Morgan fingerprint density at radius 1 is 0.941 bits per heavy atom. The molecule has 8 nitrogen and oxygen atoms in total. The summed E-state index contributed by atoms with van der Waals surface area (Å²) in [6.07, 6.45) is -6.49. The zero-order chi connectivity index (χ0) is 25.3. The van der Waals surface area contributed by atoms with E-state index in [0.29, 0.717) is 17.7 Å². The van der Waals surface area contributed by atoms with Gasteiger partial charge in [-0.15, -0.1) is 0 Å². The summed E-state index contributed by atoms with van der Waals surface area (Å²) in [6.45, 7) is 0. The second-order valence-corrected chi connectivity index (χ2v) is 7.99. The van der Waals surface area contributed by atoms with Crippen molar-refractivity contribution in [3.05, 3.63) is 71.3 Å². The molecule has 0 unspecified atom stereocenters. The molecule has 1 fully saturated rings. The molecule has 0 bridgehead atoms. The first kappa shape index (κ1) is 24.7. The Morgan fingerprint density at radius 2 is 1.53 bits per heavy atom. The Morgan fingerprint density at radius 3 is 2.00 bits per heavy atom. The van der Waals surface area contributed by atoms with Crippen LogP contribution in [0.25, 0.3) is 0 Å². The van der Waals surface area contributed by atoms with Crippen molar-refractivity contribution >= 4 is 23.8 Å². The van der Waals surface area contributed by atoms with Gasteiger partial charge in [0, 0.05) is 12.0 Å². The molecular formula is C23H20F3NO7. The number of nitrogens with zero attached hydrogens (tertiary/aromatic N) is 1. The SMILES string of the molecule is O=C(O)CC[C@@]1(C(=O)O)C[C@H](C(=O)O)[C@H](c2ccccc2)N1C(=O)c1ccc(C(F)(F)F)cc1. The van der Waals surface area contributed by atoms with Gasteiger partial charge >= 0.3 is 24.1 Å². The maximum Gasteiger partial charge on any atom is 0.416 e. The number of amides is 1. The van der Waals surface area contributed by atoms with E-state index in [4.69, 9.17) is 5.11 Å². The molecule has 11 heteroatoms. The summed E-state index contributed by atoms with van der Waals surface area (Å²) in [4.78, 5) is 50.2. The molecule has 0 aliphatic carbocycles. The Bertz CT molecular complexity index is 1100. The first-order chi connectivity index (χ1) is 15.9. The highest BCUT2D eigenvalue weighted by atomic mass is 19.4. The Hall–Kier alpha value is -3.89. The maximum atomic E-state index is 13.6. The number of rotatable bonds is 7. The molecule has 1 heterocycles. The van der Waals surface area contributed by atoms with Crippen LogP contribution in [0, 0.1) is 5.92 Å². The van der Waals surface area contributed by atoms with Crippen molar-refractivity contribution in [3.63, 3.8) is 0 Å². The summed E-state index contributed by atoms with van der Waals surface area (Å²) in [6, 6.07) is 9.55. The molecule has 3 rings (SSSR count). The van der Waals surface area contributed by atoms with Crippen LogP contribution >= 0.6 is 0 Å².